The minimum Gasteiger partial charge on any atom is -0.353 e. The van der Waals surface area contributed by atoms with E-state index >= 15 is 0 Å². The average Bonchev–Trinajstić information content (AvgIpc) is 3.55. The van der Waals surface area contributed by atoms with Crippen molar-refractivity contribution in [2.45, 2.75) is 58.5 Å². The first-order valence-electron chi connectivity index (χ1n) is 13.1. The number of rotatable bonds is 6. The van der Waals surface area contributed by atoms with Gasteiger partial charge in [0.1, 0.15) is 22.0 Å². The van der Waals surface area contributed by atoms with Gasteiger partial charge in [0.15, 0.2) is 5.65 Å². The molecule has 196 valence electrons. The topological polar surface area (TPSA) is 99.5 Å². The lowest BCUT2D eigenvalue weighted by atomic mass is 9.95. The second-order valence-electron chi connectivity index (χ2n) is 11.1. The zero-order valence-corrected chi connectivity index (χ0v) is 23.0. The van der Waals surface area contributed by atoms with Gasteiger partial charge in [-0.25, -0.2) is 22.9 Å². The Morgan fingerprint density at radius 3 is 2.73 bits per heavy atom. The number of aromatic nitrogens is 5. The Morgan fingerprint density at radius 2 is 1.97 bits per heavy atom. The number of piperidine rings is 1. The van der Waals surface area contributed by atoms with Crippen molar-refractivity contribution in [2.75, 3.05) is 36.5 Å². The maximum absolute atomic E-state index is 11.7. The molecular weight excluding hydrogens is 486 g/mol. The fourth-order valence-corrected chi connectivity index (χ4v) is 6.82. The molecule has 9 nitrogen and oxygen atoms in total. The molecule has 4 aromatic rings. The van der Waals surface area contributed by atoms with Crippen LogP contribution < -0.4 is 4.90 Å². The summed E-state index contributed by atoms with van der Waals surface area (Å²) < 4.78 is 25.3. The zero-order chi connectivity index (χ0) is 26.1. The summed E-state index contributed by atoms with van der Waals surface area (Å²) in [7, 11) is -2.96. The van der Waals surface area contributed by atoms with Crippen molar-refractivity contribution in [3.8, 4) is 11.3 Å². The van der Waals surface area contributed by atoms with E-state index in [0.717, 1.165) is 65.3 Å². The van der Waals surface area contributed by atoms with Crippen molar-refractivity contribution < 1.29 is 8.42 Å². The highest BCUT2D eigenvalue weighted by atomic mass is 32.2. The number of aryl methyl sites for hydroxylation is 1. The fourth-order valence-electron chi connectivity index (χ4n) is 6.25. The summed E-state index contributed by atoms with van der Waals surface area (Å²) in [5.74, 6) is 1.51. The van der Waals surface area contributed by atoms with Crippen LogP contribution in [0.4, 0.5) is 5.82 Å². The third-order valence-electron chi connectivity index (χ3n) is 8.34. The summed E-state index contributed by atoms with van der Waals surface area (Å²) in [5, 5.41) is 4.40. The minimum atomic E-state index is -2.96. The van der Waals surface area contributed by atoms with Gasteiger partial charge in [0.05, 0.1) is 22.5 Å². The number of H-pyrrole nitrogens is 1. The first kappa shape index (κ1) is 24.4. The molecule has 10 heteroatoms. The second kappa shape index (κ2) is 8.80. The first-order valence-corrected chi connectivity index (χ1v) is 15.2. The summed E-state index contributed by atoms with van der Waals surface area (Å²) >= 11 is 0. The zero-order valence-electron chi connectivity index (χ0n) is 22.2. The summed E-state index contributed by atoms with van der Waals surface area (Å²) in [6.07, 6.45) is 7.09. The van der Waals surface area contributed by atoms with E-state index in [4.69, 9.17) is 4.98 Å². The van der Waals surface area contributed by atoms with E-state index in [0.29, 0.717) is 18.6 Å². The molecule has 2 bridgehead atoms. The van der Waals surface area contributed by atoms with Gasteiger partial charge >= 0.3 is 0 Å². The first-order chi connectivity index (χ1) is 17.6. The Hall–Kier alpha value is -2.98. The van der Waals surface area contributed by atoms with E-state index < -0.39 is 9.84 Å². The van der Waals surface area contributed by atoms with Crippen LogP contribution in [-0.4, -0.2) is 81.6 Å². The number of pyridine rings is 2. The predicted octanol–water partition coefficient (Wildman–Crippen LogP) is 3.71. The molecule has 6 heterocycles. The molecule has 1 N–H and O–H groups in total. The molecule has 6 rings (SSSR count). The third kappa shape index (κ3) is 4.20. The highest BCUT2D eigenvalue weighted by Crippen LogP contribution is 2.39. The molecule has 2 atom stereocenters. The number of anilines is 1. The highest BCUT2D eigenvalue weighted by Gasteiger charge is 2.40. The minimum absolute atomic E-state index is 0.224. The van der Waals surface area contributed by atoms with Crippen molar-refractivity contribution >= 4 is 32.3 Å². The summed E-state index contributed by atoms with van der Waals surface area (Å²) in [6, 6.07) is 5.12. The number of fused-ring (bicyclic) bond motifs is 4. The quantitative estimate of drug-likeness (QED) is 0.413. The number of nitrogens with one attached hydrogen (secondary N) is 1. The van der Waals surface area contributed by atoms with Crippen molar-refractivity contribution in [1.82, 2.24) is 29.5 Å². The second-order valence-corrected chi connectivity index (χ2v) is 13.4. The number of sulfone groups is 1. The molecule has 4 aromatic heterocycles. The van der Waals surface area contributed by atoms with E-state index in [2.05, 4.69) is 70.9 Å². The van der Waals surface area contributed by atoms with Gasteiger partial charge in [-0.1, -0.05) is 13.8 Å². The normalized spacial score (nSPS) is 20.6. The van der Waals surface area contributed by atoms with Crippen LogP contribution in [0.25, 0.3) is 27.9 Å². The Labute approximate surface area is 217 Å². The van der Waals surface area contributed by atoms with E-state index in [1.54, 1.807) is 6.33 Å². The molecule has 0 aliphatic carbocycles. The van der Waals surface area contributed by atoms with Crippen LogP contribution in [0.1, 0.15) is 49.3 Å². The van der Waals surface area contributed by atoms with Crippen molar-refractivity contribution in [2.24, 2.45) is 0 Å². The van der Waals surface area contributed by atoms with Crippen molar-refractivity contribution in [3.63, 3.8) is 0 Å². The lowest BCUT2D eigenvalue weighted by Crippen LogP contribution is -2.42. The predicted molar refractivity (Wildman–Crippen MR) is 147 cm³/mol. The van der Waals surface area contributed by atoms with Gasteiger partial charge in [-0.15, -0.1) is 0 Å². The molecule has 0 radical (unpaired) electrons. The Bertz CT molecular complexity index is 1600. The number of likely N-dealkylation sites (tertiary alicyclic amines) is 1. The monoisotopic (exact) mass is 521 g/mol. The van der Waals surface area contributed by atoms with Crippen LogP contribution in [-0.2, 0) is 9.84 Å². The van der Waals surface area contributed by atoms with Crippen LogP contribution in [0.5, 0.6) is 0 Å². The molecule has 2 aliphatic heterocycles. The van der Waals surface area contributed by atoms with Crippen LogP contribution >= 0.6 is 0 Å². The van der Waals surface area contributed by atoms with Gasteiger partial charge in [-0.3, -0.25) is 4.90 Å². The maximum atomic E-state index is 11.7. The van der Waals surface area contributed by atoms with Gasteiger partial charge in [0.25, 0.3) is 0 Å². The number of nitrogens with zero attached hydrogens (tertiary/aromatic N) is 6. The maximum Gasteiger partial charge on any atom is 0.158 e. The van der Waals surface area contributed by atoms with E-state index in [1.165, 1.54) is 17.4 Å². The van der Waals surface area contributed by atoms with Gasteiger partial charge in [-0.05, 0) is 55.9 Å². The molecule has 0 unspecified atom stereocenters. The summed E-state index contributed by atoms with van der Waals surface area (Å²) in [4.78, 5) is 18.1. The standard InChI is InChI=1S/C27H35N7O2S/c1-16(2)24-25(21-14-34-27(28-15-29-34)18(4)17(21)3)30-22-6-7-23(31-26(22)24)33-13-20-12-19(33)8-9-32(20)10-11-37(5,35)36/h6-7,14-16,19-20,30H,8-13H2,1-5H3/t19-,20+/m0/s1. The summed E-state index contributed by atoms with van der Waals surface area (Å²) in [6.45, 7) is 11.1. The molecular formula is C27H35N7O2S. The highest BCUT2D eigenvalue weighted by molar-refractivity contribution is 7.90. The lowest BCUT2D eigenvalue weighted by molar-refractivity contribution is 0.187. The van der Waals surface area contributed by atoms with Crippen LogP contribution in [0.3, 0.4) is 0 Å². The number of aromatic amines is 1. The molecule has 0 amide bonds. The number of hydrogen-bond donors (Lipinski definition) is 1. The smallest absolute Gasteiger partial charge is 0.158 e. The Kier molecular flexibility index (Phi) is 5.80. The van der Waals surface area contributed by atoms with Gasteiger partial charge in [0, 0.05) is 55.3 Å². The Morgan fingerprint density at radius 1 is 1.16 bits per heavy atom. The number of hydrogen-bond acceptors (Lipinski definition) is 7. The van der Waals surface area contributed by atoms with E-state index in [9.17, 15) is 8.42 Å². The SMILES string of the molecule is Cc1c(-c2[nH]c3ccc(N4C[C@H]5C[C@@H]4CCN5CCS(C)(=O)=O)nc3c2C(C)C)cn2ncnc2c1C. The summed E-state index contributed by atoms with van der Waals surface area (Å²) in [5.41, 5.74) is 8.70. The lowest BCUT2D eigenvalue weighted by Gasteiger charge is -2.32. The van der Waals surface area contributed by atoms with E-state index in [-0.39, 0.29) is 11.7 Å². The average molecular weight is 522 g/mol. The van der Waals surface area contributed by atoms with Crippen LogP contribution in [0.15, 0.2) is 24.7 Å². The van der Waals surface area contributed by atoms with Crippen LogP contribution in [0.2, 0.25) is 0 Å². The van der Waals surface area contributed by atoms with Gasteiger partial charge in [-0.2, -0.15) is 5.10 Å². The molecule has 37 heavy (non-hydrogen) atoms. The molecule has 2 fully saturated rings. The van der Waals surface area contributed by atoms with Gasteiger partial charge < -0.3 is 9.88 Å². The van der Waals surface area contributed by atoms with E-state index in [1.807, 2.05) is 4.52 Å². The van der Waals surface area contributed by atoms with Crippen molar-refractivity contribution in [1.29, 1.82) is 0 Å². The van der Waals surface area contributed by atoms with Crippen molar-refractivity contribution in [3.05, 3.63) is 41.3 Å². The Balaban J connectivity index is 1.37. The molecule has 2 saturated heterocycles. The van der Waals surface area contributed by atoms with Gasteiger partial charge in [0.2, 0.25) is 0 Å². The largest absolute Gasteiger partial charge is 0.353 e. The third-order valence-corrected chi connectivity index (χ3v) is 9.26. The molecule has 2 aliphatic rings. The molecule has 0 saturated carbocycles. The fraction of sp³-hybridized carbons (Fsp3) is 0.519. The molecule has 0 aromatic carbocycles. The molecule has 0 spiro atoms. The van der Waals surface area contributed by atoms with Crippen LogP contribution in [0, 0.1) is 13.8 Å².